The minimum atomic E-state index is 0.134. The number of rotatable bonds is 4. The molecule has 4 fully saturated rings. The fourth-order valence-electron chi connectivity index (χ4n) is 12.7. The first-order valence-corrected chi connectivity index (χ1v) is 20.5. The van der Waals surface area contributed by atoms with Crippen molar-refractivity contribution < 1.29 is 0 Å². The predicted molar refractivity (Wildman–Crippen MR) is 223 cm³/mol. The SMILES string of the molecule is CC1(C)CCC(C)(C)c2cc(N(c3ccc(-c4cccc5ccccc45)cc3)c3ccc4c(c3)C3(c5ccccc5-4)C4CC5CC(C4)CC3C5)ccc21. The van der Waals surface area contributed by atoms with Crippen LogP contribution >= 0.6 is 0 Å². The minimum absolute atomic E-state index is 0.134. The van der Waals surface area contributed by atoms with Crippen LogP contribution < -0.4 is 4.90 Å². The lowest BCUT2D eigenvalue weighted by Crippen LogP contribution is -2.55. The molecular formula is C52H51N. The third-order valence-electron chi connectivity index (χ3n) is 15.1. The van der Waals surface area contributed by atoms with Crippen LogP contribution in [0.3, 0.4) is 0 Å². The van der Waals surface area contributed by atoms with Crippen molar-refractivity contribution in [1.29, 1.82) is 0 Å². The van der Waals surface area contributed by atoms with Crippen LogP contribution in [-0.2, 0) is 16.2 Å². The summed E-state index contributed by atoms with van der Waals surface area (Å²) in [6.45, 7) is 9.79. The zero-order chi connectivity index (χ0) is 35.7. The van der Waals surface area contributed by atoms with Crippen LogP contribution in [0.5, 0.6) is 0 Å². The highest BCUT2D eigenvalue weighted by atomic mass is 15.1. The van der Waals surface area contributed by atoms with E-state index in [1.807, 2.05) is 0 Å². The Hall–Kier alpha value is -4.62. The first-order chi connectivity index (χ1) is 25.7. The van der Waals surface area contributed by atoms with Crippen LogP contribution in [0.1, 0.15) is 94.9 Å². The summed E-state index contributed by atoms with van der Waals surface area (Å²) < 4.78 is 0. The molecule has 12 rings (SSSR count). The predicted octanol–water partition coefficient (Wildman–Crippen LogP) is 14.0. The number of hydrogen-bond acceptors (Lipinski definition) is 1. The van der Waals surface area contributed by atoms with Gasteiger partial charge in [-0.2, -0.15) is 0 Å². The lowest BCUT2D eigenvalue weighted by Gasteiger charge is -2.61. The van der Waals surface area contributed by atoms with Crippen molar-refractivity contribution in [2.24, 2.45) is 23.7 Å². The molecule has 6 aliphatic rings. The van der Waals surface area contributed by atoms with Gasteiger partial charge in [0, 0.05) is 22.5 Å². The van der Waals surface area contributed by atoms with Gasteiger partial charge in [-0.3, -0.25) is 0 Å². The van der Waals surface area contributed by atoms with Gasteiger partial charge in [0.2, 0.25) is 0 Å². The van der Waals surface area contributed by atoms with Crippen LogP contribution in [0.15, 0.2) is 127 Å². The van der Waals surface area contributed by atoms with Gasteiger partial charge in [0.05, 0.1) is 0 Å². The molecule has 0 saturated heterocycles. The zero-order valence-corrected chi connectivity index (χ0v) is 31.8. The summed E-state index contributed by atoms with van der Waals surface area (Å²) in [6, 6.07) is 49.4. The molecule has 0 N–H and O–H groups in total. The van der Waals surface area contributed by atoms with Crippen LogP contribution in [0.25, 0.3) is 33.0 Å². The maximum atomic E-state index is 2.66. The molecule has 4 bridgehead atoms. The van der Waals surface area contributed by atoms with Crippen LogP contribution in [-0.4, -0.2) is 0 Å². The van der Waals surface area contributed by atoms with Crippen molar-refractivity contribution in [3.63, 3.8) is 0 Å². The Morgan fingerprint density at radius 1 is 0.453 bits per heavy atom. The van der Waals surface area contributed by atoms with E-state index in [1.165, 1.54) is 106 Å². The molecule has 1 spiro atoms. The average molecular weight is 690 g/mol. The van der Waals surface area contributed by atoms with E-state index in [1.54, 1.807) is 11.1 Å². The molecule has 6 aliphatic carbocycles. The van der Waals surface area contributed by atoms with E-state index >= 15 is 0 Å². The summed E-state index contributed by atoms with van der Waals surface area (Å²) in [5.74, 6) is 3.36. The van der Waals surface area contributed by atoms with E-state index in [0.29, 0.717) is 0 Å². The molecule has 0 radical (unpaired) electrons. The summed E-state index contributed by atoms with van der Waals surface area (Å²) in [6.07, 6.45) is 9.52. The highest BCUT2D eigenvalue weighted by molar-refractivity contribution is 5.97. The Morgan fingerprint density at radius 2 is 1.02 bits per heavy atom. The van der Waals surface area contributed by atoms with Crippen molar-refractivity contribution in [2.45, 2.75) is 88.9 Å². The van der Waals surface area contributed by atoms with E-state index in [2.05, 4.69) is 160 Å². The largest absolute Gasteiger partial charge is 0.310 e. The van der Waals surface area contributed by atoms with E-state index in [4.69, 9.17) is 0 Å². The molecular weight excluding hydrogens is 639 g/mol. The summed E-state index contributed by atoms with van der Waals surface area (Å²) in [5.41, 5.74) is 16.0. The quantitative estimate of drug-likeness (QED) is 0.178. The van der Waals surface area contributed by atoms with Gasteiger partial charge in [-0.25, -0.2) is 0 Å². The maximum Gasteiger partial charge on any atom is 0.0465 e. The summed E-state index contributed by atoms with van der Waals surface area (Å²) in [7, 11) is 0. The highest BCUT2D eigenvalue weighted by Crippen LogP contribution is 2.69. The summed E-state index contributed by atoms with van der Waals surface area (Å²) in [4.78, 5) is 2.58. The molecule has 0 aliphatic heterocycles. The second kappa shape index (κ2) is 11.2. The summed E-state index contributed by atoms with van der Waals surface area (Å²) in [5, 5.41) is 2.59. The standard InChI is InChI=1S/C52H51N/c1-50(2)24-25-51(3,4)49-32-41(21-23-47(49)50)53(39-18-16-36(17-19-39)43-14-9-11-35-10-5-6-12-42(35)43)40-20-22-45-44-13-7-8-15-46(44)52(48(45)31-40)37-27-33-26-34(29-37)30-38(52)28-33/h5-23,31-34,37-38H,24-30H2,1-4H3. The van der Waals surface area contributed by atoms with Gasteiger partial charge in [0.15, 0.2) is 0 Å². The van der Waals surface area contributed by atoms with Crippen LogP contribution in [0.2, 0.25) is 0 Å². The molecule has 1 heteroatoms. The van der Waals surface area contributed by atoms with Gasteiger partial charge in [-0.1, -0.05) is 119 Å². The Morgan fingerprint density at radius 3 is 1.77 bits per heavy atom. The Kier molecular flexibility index (Phi) is 6.74. The van der Waals surface area contributed by atoms with E-state index in [0.717, 1.165) is 23.7 Å². The molecule has 53 heavy (non-hydrogen) atoms. The number of fused-ring (bicyclic) bond motifs is 5. The molecule has 6 aromatic carbocycles. The Labute approximate surface area is 316 Å². The fraction of sp³-hybridized carbons (Fsp3) is 0.346. The fourth-order valence-corrected chi connectivity index (χ4v) is 12.7. The monoisotopic (exact) mass is 689 g/mol. The van der Waals surface area contributed by atoms with Gasteiger partial charge < -0.3 is 4.90 Å². The van der Waals surface area contributed by atoms with Crippen molar-refractivity contribution in [3.8, 4) is 22.3 Å². The molecule has 0 heterocycles. The maximum absolute atomic E-state index is 2.66. The molecule has 0 amide bonds. The normalized spacial score (nSPS) is 26.7. The number of anilines is 3. The van der Waals surface area contributed by atoms with Crippen molar-refractivity contribution >= 4 is 27.8 Å². The molecule has 0 atom stereocenters. The lowest BCUT2D eigenvalue weighted by molar-refractivity contribution is -0.0399. The Balaban J connectivity index is 1.10. The van der Waals surface area contributed by atoms with Crippen molar-refractivity contribution in [2.75, 3.05) is 4.90 Å². The molecule has 0 aromatic heterocycles. The number of nitrogens with zero attached hydrogens (tertiary/aromatic N) is 1. The average Bonchev–Trinajstić information content (AvgIpc) is 3.46. The second-order valence-corrected chi connectivity index (χ2v) is 18.9. The van der Waals surface area contributed by atoms with Gasteiger partial charge in [-0.15, -0.1) is 0 Å². The topological polar surface area (TPSA) is 3.24 Å². The van der Waals surface area contributed by atoms with Crippen molar-refractivity contribution in [1.82, 2.24) is 0 Å². The third kappa shape index (κ3) is 4.55. The first-order valence-electron chi connectivity index (χ1n) is 20.5. The number of hydrogen-bond donors (Lipinski definition) is 0. The smallest absolute Gasteiger partial charge is 0.0465 e. The molecule has 1 nitrogen and oxygen atoms in total. The van der Waals surface area contributed by atoms with Crippen molar-refractivity contribution in [3.05, 3.63) is 150 Å². The van der Waals surface area contributed by atoms with Gasteiger partial charge >= 0.3 is 0 Å². The van der Waals surface area contributed by atoms with Gasteiger partial charge in [0.25, 0.3) is 0 Å². The molecule has 264 valence electrons. The molecule has 4 saturated carbocycles. The van der Waals surface area contributed by atoms with E-state index in [-0.39, 0.29) is 16.2 Å². The van der Waals surface area contributed by atoms with Gasteiger partial charge in [0.1, 0.15) is 0 Å². The minimum Gasteiger partial charge on any atom is -0.310 e. The number of benzene rings is 6. The second-order valence-electron chi connectivity index (χ2n) is 18.9. The lowest BCUT2D eigenvalue weighted by atomic mass is 9.43. The van der Waals surface area contributed by atoms with Gasteiger partial charge in [-0.05, 0) is 171 Å². The van der Waals surface area contributed by atoms with E-state index in [9.17, 15) is 0 Å². The molecule has 0 unspecified atom stereocenters. The Bertz CT molecular complexity index is 2390. The van der Waals surface area contributed by atoms with Crippen LogP contribution in [0.4, 0.5) is 17.1 Å². The molecule has 6 aromatic rings. The first kappa shape index (κ1) is 31.9. The highest BCUT2D eigenvalue weighted by Gasteiger charge is 2.61. The zero-order valence-electron chi connectivity index (χ0n) is 31.8. The third-order valence-corrected chi connectivity index (χ3v) is 15.1. The van der Waals surface area contributed by atoms with E-state index < -0.39 is 0 Å². The van der Waals surface area contributed by atoms with Crippen LogP contribution in [0, 0.1) is 23.7 Å². The summed E-state index contributed by atoms with van der Waals surface area (Å²) >= 11 is 0.